The number of carbonyl (C=O) groups excluding carboxylic acids is 3. The number of amides is 3. The fourth-order valence-electron chi connectivity index (χ4n) is 13.9. The molecule has 3 spiro atoms. The molecule has 0 bridgehead atoms. The normalized spacial score (nSPS) is 24.5. The van der Waals surface area contributed by atoms with E-state index in [4.69, 9.17) is 4.74 Å². The van der Waals surface area contributed by atoms with Gasteiger partial charge in [-0.15, -0.1) is 5.10 Å². The van der Waals surface area contributed by atoms with Gasteiger partial charge in [0.15, 0.2) is 13.9 Å². The van der Waals surface area contributed by atoms with E-state index in [9.17, 15) is 14.7 Å². The molecule has 1 aromatic heterocycles. The van der Waals surface area contributed by atoms with Crippen LogP contribution in [0, 0.1) is 5.92 Å². The molecule has 76 heavy (non-hydrogen) atoms. The van der Waals surface area contributed by atoms with Crippen molar-refractivity contribution < 1.29 is 29.0 Å². The summed E-state index contributed by atoms with van der Waals surface area (Å²) in [6, 6.07) is 44.0. The van der Waals surface area contributed by atoms with Gasteiger partial charge in [0.2, 0.25) is 0 Å². The molecule has 4 N–H and O–H groups in total. The first-order valence-corrected chi connectivity index (χ1v) is 30.1. The second kappa shape index (κ2) is 19.7. The summed E-state index contributed by atoms with van der Waals surface area (Å²) in [5.41, 5.74) is 4.12. The fourth-order valence-corrected chi connectivity index (χ4v) is 16.5. The van der Waals surface area contributed by atoms with Gasteiger partial charge in [0, 0.05) is 52.5 Å². The van der Waals surface area contributed by atoms with Gasteiger partial charge in [-0.05, 0) is 137 Å². The summed E-state index contributed by atoms with van der Waals surface area (Å²) in [5, 5.41) is 26.3. The van der Waals surface area contributed by atoms with Crippen LogP contribution in [0.2, 0.25) is 18.6 Å². The first kappa shape index (κ1) is 50.1. The zero-order chi connectivity index (χ0) is 52.4. The van der Waals surface area contributed by atoms with E-state index in [1.165, 1.54) is 0 Å². The SMILES string of the molecule is C[C@H]1[C@H]([Si](C)(C)O)[C@@H](CCn2cc(C(CO)c3ccccc3)nn2)O[C@]12C(=O)N(Cc1ccc(N3CN(c4ccccc4)C4(CCNCC4)C3=O)cc1)c1ccc(N3CN(c4ccccc4)C4(CCNCC4)C3=O)cc12. The van der Waals surface area contributed by atoms with Crippen molar-refractivity contribution in [3.05, 3.63) is 162 Å². The topological polar surface area (TPSA) is 172 Å². The van der Waals surface area contributed by atoms with E-state index < -0.39 is 37.0 Å². The Morgan fingerprint density at radius 1 is 0.697 bits per heavy atom. The summed E-state index contributed by atoms with van der Waals surface area (Å²) >= 11 is 0. The molecule has 0 aliphatic carbocycles. The van der Waals surface area contributed by atoms with E-state index in [2.05, 4.69) is 55.0 Å². The predicted octanol–water partition coefficient (Wildman–Crippen LogP) is 6.70. The van der Waals surface area contributed by atoms with Crippen molar-refractivity contribution in [1.29, 1.82) is 0 Å². The van der Waals surface area contributed by atoms with Crippen molar-refractivity contribution in [1.82, 2.24) is 25.6 Å². The number of benzene rings is 5. The number of para-hydroxylation sites is 2. The largest absolute Gasteiger partial charge is 0.432 e. The molecule has 5 saturated heterocycles. The van der Waals surface area contributed by atoms with E-state index in [-0.39, 0.29) is 42.3 Å². The number of aliphatic hydroxyl groups excluding tert-OH is 1. The van der Waals surface area contributed by atoms with Gasteiger partial charge in [0.25, 0.3) is 17.7 Å². The number of ether oxygens (including phenoxy) is 1. The Morgan fingerprint density at radius 3 is 1.79 bits per heavy atom. The van der Waals surface area contributed by atoms with Crippen LogP contribution in [0.1, 0.15) is 67.3 Å². The molecule has 5 atom stereocenters. The molecular weight excluding hydrogens is 973 g/mol. The third kappa shape index (κ3) is 8.25. The van der Waals surface area contributed by atoms with Crippen molar-refractivity contribution >= 4 is 54.5 Å². The molecule has 5 aromatic carbocycles. The second-order valence-corrected chi connectivity index (χ2v) is 26.3. The summed E-state index contributed by atoms with van der Waals surface area (Å²) in [6.07, 6.45) is 4.51. The van der Waals surface area contributed by atoms with Crippen molar-refractivity contribution in [3.8, 4) is 0 Å². The van der Waals surface area contributed by atoms with Crippen molar-refractivity contribution in [2.45, 2.75) is 99.5 Å². The van der Waals surface area contributed by atoms with Crippen LogP contribution in [0.25, 0.3) is 0 Å². The molecule has 12 rings (SSSR count). The van der Waals surface area contributed by atoms with E-state index in [1.807, 2.05) is 150 Å². The smallest absolute Gasteiger partial charge is 0.264 e. The molecule has 1 unspecified atom stereocenters. The number of hydrogen-bond acceptors (Lipinski definition) is 12. The first-order valence-electron chi connectivity index (χ1n) is 27.1. The van der Waals surface area contributed by atoms with E-state index in [0.29, 0.717) is 74.6 Å². The number of rotatable bonds is 13. The molecule has 3 amide bonds. The Morgan fingerprint density at radius 2 is 1.24 bits per heavy atom. The van der Waals surface area contributed by atoms with Crippen LogP contribution in [0.3, 0.4) is 0 Å². The number of hydrogen-bond donors (Lipinski definition) is 4. The number of aryl methyl sites for hydroxylation is 1. The lowest BCUT2D eigenvalue weighted by atomic mass is 9.82. The van der Waals surface area contributed by atoms with Gasteiger partial charge in [0.1, 0.15) is 11.1 Å². The number of carbonyl (C=O) groups is 3. The van der Waals surface area contributed by atoms with Crippen LogP contribution in [-0.2, 0) is 37.8 Å². The molecule has 0 saturated carbocycles. The molecule has 6 aliphatic rings. The summed E-state index contributed by atoms with van der Waals surface area (Å²) in [5.74, 6) is -0.881. The van der Waals surface area contributed by atoms with Gasteiger partial charge in [-0.25, -0.2) is 0 Å². The lowest BCUT2D eigenvalue weighted by Gasteiger charge is -2.39. The molecule has 7 heterocycles. The quantitative estimate of drug-likeness (QED) is 0.0904. The number of nitrogens with zero attached hydrogens (tertiary/aromatic N) is 8. The van der Waals surface area contributed by atoms with Crippen LogP contribution in [-0.4, -0.2) is 114 Å². The number of nitrogens with one attached hydrogen (secondary N) is 2. The predicted molar refractivity (Wildman–Crippen MR) is 295 cm³/mol. The van der Waals surface area contributed by atoms with E-state index in [1.54, 1.807) is 4.68 Å². The Kier molecular flexibility index (Phi) is 13.0. The third-order valence-electron chi connectivity index (χ3n) is 17.7. The first-order chi connectivity index (χ1) is 36.9. The highest BCUT2D eigenvalue weighted by Crippen LogP contribution is 2.60. The summed E-state index contributed by atoms with van der Waals surface area (Å²) < 4.78 is 9.15. The maximum atomic E-state index is 15.9. The third-order valence-corrected chi connectivity index (χ3v) is 20.2. The molecule has 5 fully saturated rings. The minimum Gasteiger partial charge on any atom is -0.432 e. The number of aromatic nitrogens is 3. The number of aliphatic hydroxyl groups is 1. The Bertz CT molecular complexity index is 3090. The average molecular weight is 1040 g/mol. The van der Waals surface area contributed by atoms with Crippen molar-refractivity contribution in [2.75, 3.05) is 70.6 Å². The highest BCUT2D eigenvalue weighted by Gasteiger charge is 2.66. The Hall–Kier alpha value is -6.73. The minimum atomic E-state index is -3.07. The monoisotopic (exact) mass is 1040 g/mol. The van der Waals surface area contributed by atoms with Crippen LogP contribution < -0.4 is 35.1 Å². The zero-order valence-corrected chi connectivity index (χ0v) is 44.6. The van der Waals surface area contributed by atoms with Gasteiger partial charge < -0.3 is 40.0 Å². The van der Waals surface area contributed by atoms with Crippen LogP contribution >= 0.6 is 0 Å². The van der Waals surface area contributed by atoms with Crippen molar-refractivity contribution in [3.63, 3.8) is 0 Å². The highest BCUT2D eigenvalue weighted by molar-refractivity contribution is 6.71. The molecular formula is C59H68N10O6Si. The molecule has 6 aromatic rings. The van der Waals surface area contributed by atoms with Gasteiger partial charge in [0.05, 0.1) is 49.9 Å². The molecule has 17 heteroatoms. The maximum Gasteiger partial charge on any atom is 0.264 e. The maximum absolute atomic E-state index is 15.9. The standard InChI is InChI=1S/C59H68N10O6Si/c1-41-53(76(2,3)74)52(25-34-64-37-50(62-63-64)48(38-70)43-13-7-4-8-14-43)75-59(41)49-35-47(67-40-69(46-17-11-6-12-18-46)58(55(67)72)28-32-61-33-29-58)23-24-51(49)65(56(59)73)36-42-19-21-44(22-20-42)66-39-68(45-15-9-5-10-16-45)57(54(66)71)26-30-60-31-27-57/h4-24,35,37,41,48,52-53,60-61,70,74H,25-34,36,38-40H2,1-3H3/t41-,48?,52+,53-,59+/m0/s1. The van der Waals surface area contributed by atoms with E-state index in [0.717, 1.165) is 54.4 Å². The van der Waals surface area contributed by atoms with Gasteiger partial charge in [-0.2, -0.15) is 0 Å². The van der Waals surface area contributed by atoms with Crippen LogP contribution in [0.5, 0.6) is 0 Å². The van der Waals surface area contributed by atoms with Crippen LogP contribution in [0.15, 0.2) is 140 Å². The number of fused-ring (bicyclic) bond motifs is 2. The highest BCUT2D eigenvalue weighted by atomic mass is 28.4. The van der Waals surface area contributed by atoms with Crippen molar-refractivity contribution in [2.24, 2.45) is 5.92 Å². The zero-order valence-electron chi connectivity index (χ0n) is 43.6. The molecule has 394 valence electrons. The summed E-state index contributed by atoms with van der Waals surface area (Å²) in [7, 11) is -3.07. The number of piperidine rings is 2. The van der Waals surface area contributed by atoms with E-state index >= 15 is 9.59 Å². The molecule has 16 nitrogen and oxygen atoms in total. The summed E-state index contributed by atoms with van der Waals surface area (Å²) in [4.78, 5) is 68.0. The van der Waals surface area contributed by atoms with Gasteiger partial charge >= 0.3 is 0 Å². The number of anilines is 5. The average Bonchev–Trinajstić information content (AvgIpc) is 4.43. The molecule has 6 aliphatic heterocycles. The second-order valence-electron chi connectivity index (χ2n) is 22.3. The Balaban J connectivity index is 0.884. The fraction of sp³-hybridized carbons (Fsp3) is 0.407. The molecule has 0 radical (unpaired) electrons. The lowest BCUT2D eigenvalue weighted by Crippen LogP contribution is -2.55. The minimum absolute atomic E-state index is 0.0329. The summed E-state index contributed by atoms with van der Waals surface area (Å²) in [6.45, 7) is 10.2. The van der Waals surface area contributed by atoms with Crippen LogP contribution in [0.4, 0.5) is 28.4 Å². The lowest BCUT2D eigenvalue weighted by molar-refractivity contribution is -0.146. The van der Waals surface area contributed by atoms with Gasteiger partial charge in [-0.3, -0.25) is 28.9 Å². The Labute approximate surface area is 445 Å². The van der Waals surface area contributed by atoms with Gasteiger partial charge in [-0.1, -0.05) is 91.0 Å².